The number of nitrogen functional groups attached to an aromatic ring is 1. The van der Waals surface area contributed by atoms with Gasteiger partial charge in [0.25, 0.3) is 0 Å². The van der Waals surface area contributed by atoms with Crippen molar-refractivity contribution in [3.8, 4) is 0 Å². The Morgan fingerprint density at radius 2 is 1.93 bits per heavy atom. The molecule has 0 atom stereocenters. The van der Waals surface area contributed by atoms with Gasteiger partial charge < -0.3 is 5.73 Å². The Kier molecular flexibility index (Phi) is 1.96. The number of rotatable bonds is 0. The average Bonchev–Trinajstić information content (AvgIpc) is 2.13. The van der Waals surface area contributed by atoms with Crippen LogP contribution in [0.3, 0.4) is 0 Å². The van der Waals surface area contributed by atoms with Crippen molar-refractivity contribution in [3.63, 3.8) is 0 Å². The maximum absolute atomic E-state index is 11.6. The molecule has 0 bridgehead atoms. The van der Waals surface area contributed by atoms with E-state index in [1.54, 1.807) is 0 Å². The highest BCUT2D eigenvalue weighted by Gasteiger charge is 2.07. The summed E-state index contributed by atoms with van der Waals surface area (Å²) in [5, 5.41) is 0. The summed E-state index contributed by atoms with van der Waals surface area (Å²) in [6.45, 7) is 5.81. The van der Waals surface area contributed by atoms with Gasteiger partial charge in [0.2, 0.25) is 5.95 Å². The second-order valence-electron chi connectivity index (χ2n) is 3.60. The number of nitrogens with zero attached hydrogens (tertiary/aromatic N) is 3. The highest BCUT2D eigenvalue weighted by molar-refractivity contribution is 5.48. The molecule has 15 heavy (non-hydrogen) atoms. The van der Waals surface area contributed by atoms with Crippen molar-refractivity contribution < 1.29 is 0 Å². The smallest absolute Gasteiger partial charge is 0.356 e. The zero-order valence-corrected chi connectivity index (χ0v) is 8.90. The van der Waals surface area contributed by atoms with Gasteiger partial charge in [0.15, 0.2) is 0 Å². The quantitative estimate of drug-likeness (QED) is 0.681. The Morgan fingerprint density at radius 1 is 1.27 bits per heavy atom. The zero-order chi connectivity index (χ0) is 11.2. The fraction of sp³-hybridized carbons (Fsp3) is 0.300. The molecule has 5 nitrogen and oxygen atoms in total. The van der Waals surface area contributed by atoms with Crippen molar-refractivity contribution in [2.45, 2.75) is 20.8 Å². The second kappa shape index (κ2) is 3.05. The summed E-state index contributed by atoms with van der Waals surface area (Å²) >= 11 is 0. The van der Waals surface area contributed by atoms with Crippen LogP contribution in [0.25, 0.3) is 5.65 Å². The van der Waals surface area contributed by atoms with E-state index in [0.29, 0.717) is 5.65 Å². The minimum Gasteiger partial charge on any atom is -0.368 e. The van der Waals surface area contributed by atoms with Crippen molar-refractivity contribution in [2.75, 3.05) is 5.73 Å². The third-order valence-corrected chi connectivity index (χ3v) is 2.67. The van der Waals surface area contributed by atoms with Gasteiger partial charge in [0.1, 0.15) is 5.65 Å². The minimum absolute atomic E-state index is 0.0163. The lowest BCUT2D eigenvalue weighted by Gasteiger charge is -2.09. The molecule has 2 aromatic heterocycles. The molecule has 0 fully saturated rings. The van der Waals surface area contributed by atoms with Crippen LogP contribution in [0.2, 0.25) is 0 Å². The predicted octanol–water partition coefficient (Wildman–Crippen LogP) is 0.597. The Hall–Kier alpha value is -1.91. The van der Waals surface area contributed by atoms with Crippen molar-refractivity contribution in [1.29, 1.82) is 0 Å². The molecule has 0 unspecified atom stereocenters. The average molecular weight is 204 g/mol. The fourth-order valence-corrected chi connectivity index (χ4v) is 1.61. The molecule has 0 aromatic carbocycles. The van der Waals surface area contributed by atoms with Gasteiger partial charge in [-0.05, 0) is 38.0 Å². The molecule has 2 heterocycles. The largest absolute Gasteiger partial charge is 0.368 e. The van der Waals surface area contributed by atoms with Gasteiger partial charge in [-0.2, -0.15) is 9.97 Å². The van der Waals surface area contributed by atoms with Crippen LogP contribution >= 0.6 is 0 Å². The third kappa shape index (κ3) is 1.36. The van der Waals surface area contributed by atoms with Gasteiger partial charge in [0.05, 0.1) is 0 Å². The highest BCUT2D eigenvalue weighted by atomic mass is 16.1. The molecule has 2 aromatic rings. The maximum Gasteiger partial charge on any atom is 0.356 e. The fourth-order valence-electron chi connectivity index (χ4n) is 1.61. The van der Waals surface area contributed by atoms with Crippen LogP contribution in [0.1, 0.15) is 16.8 Å². The van der Waals surface area contributed by atoms with Crippen molar-refractivity contribution in [1.82, 2.24) is 14.4 Å². The molecule has 0 amide bonds. The van der Waals surface area contributed by atoms with Crippen LogP contribution < -0.4 is 11.4 Å². The number of hydrogen-bond donors (Lipinski definition) is 1. The molecule has 0 aliphatic rings. The lowest BCUT2D eigenvalue weighted by Crippen LogP contribution is -2.22. The summed E-state index contributed by atoms with van der Waals surface area (Å²) in [6.07, 6.45) is 0. The molecule has 0 spiro atoms. The van der Waals surface area contributed by atoms with Gasteiger partial charge in [-0.25, -0.2) is 9.20 Å². The highest BCUT2D eigenvalue weighted by Crippen LogP contribution is 2.13. The van der Waals surface area contributed by atoms with Crippen LogP contribution in [0.5, 0.6) is 0 Å². The van der Waals surface area contributed by atoms with E-state index in [2.05, 4.69) is 9.97 Å². The Balaban J connectivity index is 3.06. The normalized spacial score (nSPS) is 10.9. The van der Waals surface area contributed by atoms with Crippen molar-refractivity contribution >= 4 is 11.6 Å². The van der Waals surface area contributed by atoms with E-state index in [0.717, 1.165) is 16.8 Å². The predicted molar refractivity (Wildman–Crippen MR) is 57.9 cm³/mol. The summed E-state index contributed by atoms with van der Waals surface area (Å²) in [6, 6.07) is 1.84. The number of fused-ring (bicyclic) bond motifs is 1. The first-order valence-electron chi connectivity index (χ1n) is 4.64. The second-order valence-corrected chi connectivity index (χ2v) is 3.60. The first-order valence-corrected chi connectivity index (χ1v) is 4.64. The van der Waals surface area contributed by atoms with E-state index in [-0.39, 0.29) is 11.6 Å². The van der Waals surface area contributed by atoms with Gasteiger partial charge in [-0.3, -0.25) is 0 Å². The molecule has 0 aliphatic carbocycles. The summed E-state index contributed by atoms with van der Waals surface area (Å²) in [7, 11) is 0. The van der Waals surface area contributed by atoms with E-state index in [4.69, 9.17) is 5.73 Å². The monoisotopic (exact) mass is 204 g/mol. The standard InChI is InChI=1S/C10H12N4O/c1-5-4-8-12-9(11)13-10(15)14(8)7(3)6(5)2/h4H,1-3H3,(H2,11,13,15). The van der Waals surface area contributed by atoms with Gasteiger partial charge in [0, 0.05) is 5.69 Å². The number of pyridine rings is 1. The first-order chi connectivity index (χ1) is 7.00. The maximum atomic E-state index is 11.6. The number of nitrogens with two attached hydrogens (primary N) is 1. The Labute approximate surface area is 86.6 Å². The van der Waals surface area contributed by atoms with E-state index in [9.17, 15) is 4.79 Å². The van der Waals surface area contributed by atoms with E-state index in [1.807, 2.05) is 26.8 Å². The van der Waals surface area contributed by atoms with E-state index >= 15 is 0 Å². The van der Waals surface area contributed by atoms with Crippen LogP contribution in [0.4, 0.5) is 5.95 Å². The Morgan fingerprint density at radius 3 is 2.60 bits per heavy atom. The summed E-state index contributed by atoms with van der Waals surface area (Å²) in [5.74, 6) is 0.0163. The number of hydrogen-bond acceptors (Lipinski definition) is 4. The zero-order valence-electron chi connectivity index (χ0n) is 8.90. The van der Waals surface area contributed by atoms with E-state index in [1.165, 1.54) is 4.40 Å². The lowest BCUT2D eigenvalue weighted by atomic mass is 10.1. The van der Waals surface area contributed by atoms with Crippen LogP contribution in [-0.4, -0.2) is 14.4 Å². The molecular formula is C10H12N4O. The minimum atomic E-state index is -0.377. The molecule has 0 aliphatic heterocycles. The van der Waals surface area contributed by atoms with Gasteiger partial charge >= 0.3 is 5.69 Å². The van der Waals surface area contributed by atoms with Crippen LogP contribution in [0.15, 0.2) is 10.9 Å². The molecule has 5 heteroatoms. The number of aryl methyl sites for hydroxylation is 2. The molecule has 78 valence electrons. The molecule has 2 N–H and O–H groups in total. The van der Waals surface area contributed by atoms with Gasteiger partial charge in [-0.1, -0.05) is 0 Å². The van der Waals surface area contributed by atoms with Crippen LogP contribution in [-0.2, 0) is 0 Å². The summed E-state index contributed by atoms with van der Waals surface area (Å²) < 4.78 is 1.47. The van der Waals surface area contributed by atoms with Gasteiger partial charge in [-0.15, -0.1) is 0 Å². The Bertz CT molecular complexity index is 600. The van der Waals surface area contributed by atoms with Crippen molar-refractivity contribution in [3.05, 3.63) is 33.4 Å². The summed E-state index contributed by atoms with van der Waals surface area (Å²) in [5.41, 5.74) is 8.61. The number of aromatic nitrogens is 3. The van der Waals surface area contributed by atoms with Crippen molar-refractivity contribution in [2.24, 2.45) is 0 Å². The summed E-state index contributed by atoms with van der Waals surface area (Å²) in [4.78, 5) is 19.3. The molecule has 2 rings (SSSR count). The molecular weight excluding hydrogens is 192 g/mol. The first kappa shape index (κ1) is 9.64. The lowest BCUT2D eigenvalue weighted by molar-refractivity contribution is 0.902. The molecule has 0 saturated carbocycles. The topological polar surface area (TPSA) is 73.3 Å². The van der Waals surface area contributed by atoms with Crippen LogP contribution in [0, 0.1) is 20.8 Å². The SMILES string of the molecule is Cc1cc2nc(N)nc(=O)n2c(C)c1C. The number of anilines is 1. The van der Waals surface area contributed by atoms with E-state index < -0.39 is 0 Å². The third-order valence-electron chi connectivity index (χ3n) is 2.67. The molecule has 0 saturated heterocycles. The molecule has 0 radical (unpaired) electrons.